The number of carbonyl (C=O) groups excluding carboxylic acids is 3. The predicted molar refractivity (Wildman–Crippen MR) is 249 cm³/mol. The van der Waals surface area contributed by atoms with Crippen LogP contribution in [0.5, 0.6) is 0 Å². The summed E-state index contributed by atoms with van der Waals surface area (Å²) in [7, 11) is 0. The van der Waals surface area contributed by atoms with Crippen molar-refractivity contribution < 1.29 is 102 Å². The third-order valence-corrected chi connectivity index (χ3v) is 14.4. The van der Waals surface area contributed by atoms with Gasteiger partial charge in [-0.05, 0) is 60.3 Å². The molecule has 7 N–H and O–H groups in total. The van der Waals surface area contributed by atoms with Crippen molar-refractivity contribution in [1.82, 2.24) is 0 Å². The van der Waals surface area contributed by atoms with Crippen LogP contribution in [0.25, 0.3) is 0 Å². The highest BCUT2D eigenvalue weighted by atomic mass is 16.8. The molecule has 5 fully saturated rings. The second-order valence-electron chi connectivity index (χ2n) is 19.9. The van der Waals surface area contributed by atoms with Gasteiger partial charge in [0.2, 0.25) is 0 Å². The van der Waals surface area contributed by atoms with Gasteiger partial charge < -0.3 is 87.9 Å². The first-order chi connectivity index (χ1) is 33.8. The Morgan fingerprint density at radius 3 is 1.92 bits per heavy atom. The van der Waals surface area contributed by atoms with Gasteiger partial charge in [0.1, 0.15) is 61.0 Å². The molecule has 0 spiro atoms. The molecule has 21 heteroatoms. The van der Waals surface area contributed by atoms with E-state index < -0.39 is 153 Å². The second kappa shape index (κ2) is 28.4. The molecular formula is C50H84O21. The van der Waals surface area contributed by atoms with E-state index in [9.17, 15) is 50.1 Å². The van der Waals surface area contributed by atoms with Crippen molar-refractivity contribution in [3.8, 4) is 0 Å². The lowest BCUT2D eigenvalue weighted by Gasteiger charge is -2.50. The summed E-state index contributed by atoms with van der Waals surface area (Å²) in [5, 5.41) is 78.9. The Balaban J connectivity index is 1.55. The first-order valence-electron chi connectivity index (χ1n) is 26.0. The van der Waals surface area contributed by atoms with E-state index in [0.717, 1.165) is 51.4 Å². The molecule has 71 heavy (non-hydrogen) atoms. The maximum atomic E-state index is 13.9. The molecule has 5 rings (SSSR count). The van der Waals surface area contributed by atoms with Crippen molar-refractivity contribution in [2.75, 3.05) is 6.61 Å². The molecule has 22 atom stereocenters. The highest BCUT2D eigenvalue weighted by Gasteiger charge is 2.58. The number of aliphatic hydroxyl groups excluding tert-OH is 7. The Bertz CT molecular complexity index is 1670. The van der Waals surface area contributed by atoms with Gasteiger partial charge in [-0.1, -0.05) is 84.6 Å². The molecule has 0 radical (unpaired) electrons. The minimum Gasteiger partial charge on any atom is -0.455 e. The molecule has 5 aliphatic heterocycles. The Kier molecular flexibility index (Phi) is 23.8. The van der Waals surface area contributed by atoms with Gasteiger partial charge >= 0.3 is 17.9 Å². The number of ether oxygens (including phenoxy) is 11. The van der Waals surface area contributed by atoms with E-state index in [1.54, 1.807) is 27.7 Å². The van der Waals surface area contributed by atoms with Crippen LogP contribution >= 0.6 is 0 Å². The number of rotatable bonds is 12. The Labute approximate surface area is 417 Å². The fourth-order valence-electron chi connectivity index (χ4n) is 9.42. The molecule has 5 aliphatic rings. The SMILES string of the molecule is C/C=C(\C)C(=O)O[C@H]1[C@H](O)[C@@H](O)[C@H](O[C@@H]2[C@H]3OC(=O)CCCCCCCCCC(CCCCC)O[C@@H]4O[C@H](C)[C@@H](O)[C@H](O)[C@H]4O[C@@H]4O[C@H](CO)[C@@H](O)[C@H](O)[C@H]4O[C@H](O[C@H]2C)[C@@H]3OC(=O)C(C)CC)O[C@@H]1C. The zero-order chi connectivity index (χ0) is 52.1. The van der Waals surface area contributed by atoms with Crippen LogP contribution in [0.2, 0.25) is 0 Å². The Morgan fingerprint density at radius 2 is 1.27 bits per heavy atom. The summed E-state index contributed by atoms with van der Waals surface area (Å²) in [5.74, 6) is -2.91. The molecule has 410 valence electrons. The van der Waals surface area contributed by atoms with Crippen LogP contribution in [0, 0.1) is 5.92 Å². The molecule has 21 nitrogen and oxygen atoms in total. The summed E-state index contributed by atoms with van der Waals surface area (Å²) in [6.45, 7) is 12.4. The predicted octanol–water partition coefficient (Wildman–Crippen LogP) is 2.50. The van der Waals surface area contributed by atoms with E-state index in [1.807, 2.05) is 0 Å². The number of esters is 3. The lowest BCUT2D eigenvalue weighted by molar-refractivity contribution is -0.399. The number of aliphatic hydroxyl groups is 7. The highest BCUT2D eigenvalue weighted by molar-refractivity contribution is 5.87. The smallest absolute Gasteiger partial charge is 0.333 e. The molecule has 2 unspecified atom stereocenters. The maximum absolute atomic E-state index is 13.9. The Hall–Kier alpha value is -2.45. The third kappa shape index (κ3) is 15.6. The molecule has 0 amide bonds. The van der Waals surface area contributed by atoms with Gasteiger partial charge in [0.25, 0.3) is 0 Å². The molecule has 0 aromatic rings. The van der Waals surface area contributed by atoms with E-state index >= 15 is 0 Å². The van der Waals surface area contributed by atoms with Gasteiger partial charge in [-0.3, -0.25) is 9.59 Å². The van der Waals surface area contributed by atoms with Gasteiger partial charge in [0.05, 0.1) is 36.9 Å². The van der Waals surface area contributed by atoms with E-state index in [0.29, 0.717) is 32.1 Å². The molecule has 0 aromatic carbocycles. The van der Waals surface area contributed by atoms with E-state index in [-0.39, 0.29) is 18.1 Å². The van der Waals surface area contributed by atoms with Crippen LogP contribution < -0.4 is 0 Å². The molecule has 0 aromatic heterocycles. The summed E-state index contributed by atoms with van der Waals surface area (Å²) in [6, 6.07) is 0. The number of unbranched alkanes of at least 4 members (excludes halogenated alkanes) is 2. The fraction of sp³-hybridized carbons (Fsp3) is 0.900. The van der Waals surface area contributed by atoms with E-state index in [2.05, 4.69) is 6.92 Å². The van der Waals surface area contributed by atoms with Gasteiger partial charge in [-0.25, -0.2) is 4.79 Å². The van der Waals surface area contributed by atoms with Crippen LogP contribution in [0.3, 0.4) is 0 Å². The molecule has 0 saturated carbocycles. The monoisotopic (exact) mass is 1020 g/mol. The van der Waals surface area contributed by atoms with Crippen LogP contribution in [-0.4, -0.2) is 189 Å². The van der Waals surface area contributed by atoms with Crippen molar-refractivity contribution >= 4 is 17.9 Å². The number of fused-ring (bicyclic) bond motifs is 4. The standard InChI is InChI=1S/C50H84O21/c1-9-12-18-21-30-22-19-16-14-13-15-17-20-23-32(52)66-43-40(69-47-38(58)37(57)39(28(7)62-47)67-45(59)25(4)10-2)29(8)63-50(44(43)68-46(60)26(5)11-3)71-42-36(56)34(54)31(24-51)65-49(42)70-41-35(55)33(53)27(6)61-48(41)64-30/h10,26-31,33-44,47-51,53-58H,9,11-24H2,1-8H3/b25-10+/t26?,27-,28-,29+,30?,31-,33-,34-,35+,36+,37-,38-,39-,40+,41-,42-,43-,44-,47+,48+,49+,50+/m1/s1. The fourth-order valence-corrected chi connectivity index (χ4v) is 9.42. The van der Waals surface area contributed by atoms with Crippen molar-refractivity contribution in [3.05, 3.63) is 11.6 Å². The largest absolute Gasteiger partial charge is 0.455 e. The third-order valence-electron chi connectivity index (χ3n) is 14.4. The summed E-state index contributed by atoms with van der Waals surface area (Å²) in [4.78, 5) is 40.5. The number of hydrogen-bond donors (Lipinski definition) is 7. The summed E-state index contributed by atoms with van der Waals surface area (Å²) < 4.78 is 68.3. The van der Waals surface area contributed by atoms with Gasteiger partial charge in [-0.15, -0.1) is 0 Å². The molecule has 2 bridgehead atoms. The van der Waals surface area contributed by atoms with Crippen LogP contribution in [0.1, 0.15) is 145 Å². The van der Waals surface area contributed by atoms with Gasteiger partial charge in [0, 0.05) is 12.0 Å². The summed E-state index contributed by atoms with van der Waals surface area (Å²) >= 11 is 0. The first-order valence-corrected chi connectivity index (χ1v) is 26.0. The Morgan fingerprint density at radius 1 is 0.662 bits per heavy atom. The van der Waals surface area contributed by atoms with E-state index in [4.69, 9.17) is 52.1 Å². The van der Waals surface area contributed by atoms with Crippen LogP contribution in [0.4, 0.5) is 0 Å². The van der Waals surface area contributed by atoms with Crippen LogP contribution in [0.15, 0.2) is 11.6 Å². The van der Waals surface area contributed by atoms with Crippen molar-refractivity contribution in [1.29, 1.82) is 0 Å². The van der Waals surface area contributed by atoms with Crippen molar-refractivity contribution in [2.24, 2.45) is 5.92 Å². The zero-order valence-corrected chi connectivity index (χ0v) is 42.7. The van der Waals surface area contributed by atoms with Crippen molar-refractivity contribution in [3.63, 3.8) is 0 Å². The number of allylic oxidation sites excluding steroid dienone is 1. The average Bonchev–Trinajstić information content (AvgIpc) is 3.34. The second-order valence-corrected chi connectivity index (χ2v) is 19.9. The highest BCUT2D eigenvalue weighted by Crippen LogP contribution is 2.38. The number of hydrogen-bond acceptors (Lipinski definition) is 21. The van der Waals surface area contributed by atoms with Gasteiger partial charge in [0.15, 0.2) is 43.5 Å². The van der Waals surface area contributed by atoms with Gasteiger partial charge in [-0.2, -0.15) is 0 Å². The topological polar surface area (TPSA) is 294 Å². The van der Waals surface area contributed by atoms with Crippen molar-refractivity contribution in [2.45, 2.75) is 274 Å². The first kappa shape index (κ1) is 59.4. The summed E-state index contributed by atoms with van der Waals surface area (Å²) in [5.41, 5.74) is 0.261. The number of carbonyl (C=O) groups is 3. The zero-order valence-electron chi connectivity index (χ0n) is 42.7. The molecule has 5 saturated heterocycles. The quantitative estimate of drug-likeness (QED) is 0.0640. The molecule has 5 heterocycles. The molecular weight excluding hydrogens is 937 g/mol. The maximum Gasteiger partial charge on any atom is 0.333 e. The molecule has 0 aliphatic carbocycles. The normalized spacial score (nSPS) is 42.2. The minimum atomic E-state index is -1.92. The van der Waals surface area contributed by atoms with Crippen LogP contribution in [-0.2, 0) is 66.5 Å². The average molecular weight is 1020 g/mol. The summed E-state index contributed by atoms with van der Waals surface area (Å²) in [6.07, 6.45) is -19.4. The van der Waals surface area contributed by atoms with E-state index in [1.165, 1.54) is 26.8 Å². The lowest BCUT2D eigenvalue weighted by Crippen LogP contribution is -2.68. The lowest BCUT2D eigenvalue weighted by atomic mass is 9.95. The minimum absolute atomic E-state index is 0.0407.